The van der Waals surface area contributed by atoms with Gasteiger partial charge in [0.2, 0.25) is 0 Å². The molecule has 1 rings (SSSR count). The summed E-state index contributed by atoms with van der Waals surface area (Å²) in [6.07, 6.45) is 0.950. The van der Waals surface area contributed by atoms with E-state index in [1.54, 1.807) is 0 Å². The van der Waals surface area contributed by atoms with Crippen LogP contribution < -0.4 is 0 Å². The SMILES string of the molecule is CCc1ccc(Cl)c(I)c1Cl. The lowest BCUT2D eigenvalue weighted by atomic mass is 10.2. The molecular weight excluding hydrogens is 294 g/mol. The molecule has 0 radical (unpaired) electrons. The second-order valence-electron chi connectivity index (χ2n) is 2.19. The number of aryl methyl sites for hydroxylation is 1. The van der Waals surface area contributed by atoms with Crippen molar-refractivity contribution >= 4 is 45.8 Å². The van der Waals surface area contributed by atoms with E-state index in [4.69, 9.17) is 23.2 Å². The first-order chi connectivity index (χ1) is 5.16. The molecule has 0 nitrogen and oxygen atoms in total. The first kappa shape index (κ1) is 9.62. The van der Waals surface area contributed by atoms with Crippen LogP contribution in [-0.4, -0.2) is 0 Å². The van der Waals surface area contributed by atoms with Crippen molar-refractivity contribution in [2.24, 2.45) is 0 Å². The summed E-state index contributed by atoms with van der Waals surface area (Å²) in [4.78, 5) is 0. The molecule has 3 heteroatoms. The fraction of sp³-hybridized carbons (Fsp3) is 0.250. The minimum atomic E-state index is 0.729. The van der Waals surface area contributed by atoms with Gasteiger partial charge in [0, 0.05) is 0 Å². The topological polar surface area (TPSA) is 0 Å². The van der Waals surface area contributed by atoms with Crippen LogP contribution in [0.15, 0.2) is 12.1 Å². The van der Waals surface area contributed by atoms with Crippen LogP contribution in [0.4, 0.5) is 0 Å². The lowest BCUT2D eigenvalue weighted by Crippen LogP contribution is -1.85. The zero-order valence-corrected chi connectivity index (χ0v) is 9.67. The Labute approximate surface area is 90.0 Å². The highest BCUT2D eigenvalue weighted by Gasteiger charge is 2.05. The molecule has 0 saturated heterocycles. The van der Waals surface area contributed by atoms with E-state index in [0.29, 0.717) is 0 Å². The lowest BCUT2D eigenvalue weighted by Gasteiger charge is -2.03. The second-order valence-corrected chi connectivity index (χ2v) is 4.05. The van der Waals surface area contributed by atoms with Gasteiger partial charge in [-0.1, -0.05) is 36.2 Å². The van der Waals surface area contributed by atoms with Crippen molar-refractivity contribution in [2.75, 3.05) is 0 Å². The molecule has 0 N–H and O–H groups in total. The number of benzene rings is 1. The number of rotatable bonds is 1. The normalized spacial score (nSPS) is 10.2. The Morgan fingerprint density at radius 1 is 1.36 bits per heavy atom. The first-order valence-electron chi connectivity index (χ1n) is 3.29. The number of halogens is 3. The van der Waals surface area contributed by atoms with Crippen LogP contribution in [0.1, 0.15) is 12.5 Å². The lowest BCUT2D eigenvalue weighted by molar-refractivity contribution is 1.14. The molecule has 0 aliphatic rings. The molecular formula is C8H7Cl2I. The van der Waals surface area contributed by atoms with E-state index >= 15 is 0 Å². The third-order valence-electron chi connectivity index (χ3n) is 1.50. The molecule has 0 unspecified atom stereocenters. The fourth-order valence-corrected chi connectivity index (χ4v) is 1.87. The average molecular weight is 301 g/mol. The van der Waals surface area contributed by atoms with Gasteiger partial charge in [-0.2, -0.15) is 0 Å². The van der Waals surface area contributed by atoms with Crippen LogP contribution in [-0.2, 0) is 6.42 Å². The Balaban J connectivity index is 3.25. The largest absolute Gasteiger partial charge is 0.0831 e. The van der Waals surface area contributed by atoms with Crippen molar-refractivity contribution in [3.8, 4) is 0 Å². The van der Waals surface area contributed by atoms with Crippen LogP contribution >= 0.6 is 45.8 Å². The smallest absolute Gasteiger partial charge is 0.0586 e. The standard InChI is InChI=1S/C8H7Cl2I/c1-2-5-3-4-6(9)8(11)7(5)10/h3-4H,2H2,1H3. The van der Waals surface area contributed by atoms with Crippen molar-refractivity contribution in [1.82, 2.24) is 0 Å². The maximum absolute atomic E-state index is 6.01. The summed E-state index contributed by atoms with van der Waals surface area (Å²) in [6.45, 7) is 2.07. The molecule has 1 aromatic rings. The molecule has 0 aliphatic heterocycles. The van der Waals surface area contributed by atoms with Gasteiger partial charge in [0.1, 0.15) is 0 Å². The van der Waals surface area contributed by atoms with Crippen molar-refractivity contribution in [1.29, 1.82) is 0 Å². The minimum Gasteiger partial charge on any atom is -0.0831 e. The molecule has 60 valence electrons. The molecule has 0 atom stereocenters. The maximum atomic E-state index is 6.01. The third kappa shape index (κ3) is 2.01. The van der Waals surface area contributed by atoms with E-state index < -0.39 is 0 Å². The highest BCUT2D eigenvalue weighted by Crippen LogP contribution is 2.29. The monoisotopic (exact) mass is 300 g/mol. The van der Waals surface area contributed by atoms with Crippen LogP contribution in [0.2, 0.25) is 10.0 Å². The van der Waals surface area contributed by atoms with Gasteiger partial charge < -0.3 is 0 Å². The molecule has 0 bridgehead atoms. The van der Waals surface area contributed by atoms with Gasteiger partial charge >= 0.3 is 0 Å². The summed E-state index contributed by atoms with van der Waals surface area (Å²) < 4.78 is 0.949. The zero-order chi connectivity index (χ0) is 8.43. The highest BCUT2D eigenvalue weighted by molar-refractivity contribution is 14.1. The summed E-state index contributed by atoms with van der Waals surface area (Å²) in [5.41, 5.74) is 1.15. The Hall–Kier alpha value is 0.530. The van der Waals surface area contributed by atoms with Gasteiger partial charge in [0.25, 0.3) is 0 Å². The molecule has 0 aromatic heterocycles. The van der Waals surface area contributed by atoms with Crippen LogP contribution in [0.3, 0.4) is 0 Å². The van der Waals surface area contributed by atoms with Crippen molar-refractivity contribution in [3.05, 3.63) is 31.3 Å². The fourth-order valence-electron chi connectivity index (χ4n) is 0.839. The molecule has 0 fully saturated rings. The van der Waals surface area contributed by atoms with E-state index in [2.05, 4.69) is 29.5 Å². The number of hydrogen-bond acceptors (Lipinski definition) is 0. The Morgan fingerprint density at radius 3 is 2.55 bits per heavy atom. The van der Waals surface area contributed by atoms with E-state index in [-0.39, 0.29) is 0 Å². The molecule has 0 spiro atoms. The Bertz CT molecular complexity index is 271. The van der Waals surface area contributed by atoms with Crippen molar-refractivity contribution in [2.45, 2.75) is 13.3 Å². The summed E-state index contributed by atoms with van der Waals surface area (Å²) in [7, 11) is 0. The zero-order valence-electron chi connectivity index (χ0n) is 6.00. The molecule has 11 heavy (non-hydrogen) atoms. The molecule has 1 aromatic carbocycles. The molecule has 0 heterocycles. The molecule has 0 amide bonds. The predicted octanol–water partition coefficient (Wildman–Crippen LogP) is 4.16. The van der Waals surface area contributed by atoms with E-state index in [1.807, 2.05) is 12.1 Å². The summed E-state index contributed by atoms with van der Waals surface area (Å²) >= 11 is 14.0. The van der Waals surface area contributed by atoms with E-state index in [0.717, 1.165) is 25.6 Å². The van der Waals surface area contributed by atoms with Crippen LogP contribution in [0.25, 0.3) is 0 Å². The average Bonchev–Trinajstić information content (AvgIpc) is 2.01. The van der Waals surface area contributed by atoms with Crippen LogP contribution in [0.5, 0.6) is 0 Å². The Kier molecular flexibility index (Phi) is 3.47. The summed E-state index contributed by atoms with van der Waals surface area (Å²) in [5, 5.41) is 1.52. The third-order valence-corrected chi connectivity index (χ3v) is 4.00. The van der Waals surface area contributed by atoms with E-state index in [1.165, 1.54) is 0 Å². The quantitative estimate of drug-likeness (QED) is 0.540. The van der Waals surface area contributed by atoms with Gasteiger partial charge in [-0.25, -0.2) is 0 Å². The number of hydrogen-bond donors (Lipinski definition) is 0. The van der Waals surface area contributed by atoms with Gasteiger partial charge in [-0.15, -0.1) is 0 Å². The minimum absolute atomic E-state index is 0.729. The van der Waals surface area contributed by atoms with Gasteiger partial charge in [0.05, 0.1) is 13.6 Å². The van der Waals surface area contributed by atoms with Gasteiger partial charge in [0.15, 0.2) is 0 Å². The predicted molar refractivity (Wildman–Crippen MR) is 58.6 cm³/mol. The van der Waals surface area contributed by atoms with Crippen molar-refractivity contribution in [3.63, 3.8) is 0 Å². The van der Waals surface area contributed by atoms with Gasteiger partial charge in [-0.05, 0) is 40.6 Å². The van der Waals surface area contributed by atoms with Gasteiger partial charge in [-0.3, -0.25) is 0 Å². The van der Waals surface area contributed by atoms with Crippen molar-refractivity contribution < 1.29 is 0 Å². The maximum Gasteiger partial charge on any atom is 0.0586 e. The first-order valence-corrected chi connectivity index (χ1v) is 5.12. The second kappa shape index (κ2) is 3.97. The van der Waals surface area contributed by atoms with Crippen LogP contribution in [0, 0.1) is 3.57 Å². The molecule has 0 aliphatic carbocycles. The Morgan fingerprint density at radius 2 is 2.00 bits per heavy atom. The van der Waals surface area contributed by atoms with E-state index in [9.17, 15) is 0 Å². The summed E-state index contributed by atoms with van der Waals surface area (Å²) in [5.74, 6) is 0. The molecule has 0 saturated carbocycles. The summed E-state index contributed by atoms with van der Waals surface area (Å²) in [6, 6.07) is 3.85. The highest BCUT2D eigenvalue weighted by atomic mass is 127.